The first-order valence-electron chi connectivity index (χ1n) is 5.33. The van der Waals surface area contributed by atoms with Crippen molar-refractivity contribution in [2.75, 3.05) is 0 Å². The molecule has 1 nitrogen and oxygen atoms in total. The molecule has 0 amide bonds. The summed E-state index contributed by atoms with van der Waals surface area (Å²) in [4.78, 5) is 1.20. The molecule has 0 saturated carbocycles. The van der Waals surface area contributed by atoms with Crippen LogP contribution in [0.3, 0.4) is 0 Å². The monoisotopic (exact) mass is 286 g/mol. The summed E-state index contributed by atoms with van der Waals surface area (Å²) in [5, 5.41) is 10.7. The van der Waals surface area contributed by atoms with Crippen molar-refractivity contribution < 1.29 is 5.11 Å². The molecule has 1 aromatic heterocycles. The van der Waals surface area contributed by atoms with Gasteiger partial charge in [-0.1, -0.05) is 35.3 Å². The number of benzene rings is 1. The number of aliphatic hydroxyl groups is 1. The zero-order valence-corrected chi connectivity index (χ0v) is 11.4. The normalized spacial score (nSPS) is 12.6. The number of aryl methyl sites for hydroxylation is 1. The first-order chi connectivity index (χ1) is 8.15. The second-order valence-corrected chi connectivity index (χ2v) is 6.05. The molecule has 0 aliphatic rings. The molecule has 17 heavy (non-hydrogen) atoms. The molecule has 0 aliphatic heterocycles. The Kier molecular flexibility index (Phi) is 4.46. The van der Waals surface area contributed by atoms with Gasteiger partial charge in [0.05, 0.1) is 10.4 Å². The zero-order chi connectivity index (χ0) is 12.3. The molecule has 1 atom stereocenters. The molecule has 0 bridgehead atoms. The largest absolute Gasteiger partial charge is 0.388 e. The predicted molar refractivity (Wildman–Crippen MR) is 74.1 cm³/mol. The fourth-order valence-electron chi connectivity index (χ4n) is 1.62. The number of hydrogen-bond donors (Lipinski definition) is 1. The number of thiophene rings is 1. The van der Waals surface area contributed by atoms with E-state index in [1.807, 2.05) is 24.3 Å². The molecule has 0 fully saturated rings. The van der Waals surface area contributed by atoms with Gasteiger partial charge in [0.1, 0.15) is 0 Å². The highest BCUT2D eigenvalue weighted by molar-refractivity contribution is 7.16. The molecule has 1 heterocycles. The average Bonchev–Trinajstić information content (AvgIpc) is 2.73. The topological polar surface area (TPSA) is 20.2 Å². The van der Waals surface area contributed by atoms with Gasteiger partial charge in [-0.2, -0.15) is 0 Å². The maximum absolute atomic E-state index is 10.0. The zero-order valence-electron chi connectivity index (χ0n) is 9.07. The van der Waals surface area contributed by atoms with Crippen molar-refractivity contribution in [3.05, 3.63) is 56.2 Å². The standard InChI is InChI=1S/C13H12Cl2OS/c14-10-3-1-9(2-4-10)12(16)7-5-11-6-8-13(15)17-11/h1-4,6,8,12,16H,5,7H2. The third-order valence-electron chi connectivity index (χ3n) is 2.55. The Morgan fingerprint density at radius 2 is 1.76 bits per heavy atom. The Morgan fingerprint density at radius 1 is 1.06 bits per heavy atom. The van der Waals surface area contributed by atoms with Crippen molar-refractivity contribution in [1.82, 2.24) is 0 Å². The Hall–Kier alpha value is -0.540. The van der Waals surface area contributed by atoms with Crippen molar-refractivity contribution in [2.24, 2.45) is 0 Å². The summed E-state index contributed by atoms with van der Waals surface area (Å²) in [5.74, 6) is 0. The minimum Gasteiger partial charge on any atom is -0.388 e. The molecular formula is C13H12Cl2OS. The van der Waals surface area contributed by atoms with Gasteiger partial charge < -0.3 is 5.11 Å². The van der Waals surface area contributed by atoms with E-state index in [1.54, 1.807) is 23.5 Å². The second-order valence-electron chi connectivity index (χ2n) is 3.81. The molecule has 1 unspecified atom stereocenters. The number of hydrogen-bond acceptors (Lipinski definition) is 2. The van der Waals surface area contributed by atoms with Crippen molar-refractivity contribution in [3.63, 3.8) is 0 Å². The van der Waals surface area contributed by atoms with Gasteiger partial charge in [0.15, 0.2) is 0 Å². The molecule has 2 rings (SSSR count). The molecule has 1 N–H and O–H groups in total. The SMILES string of the molecule is OC(CCc1ccc(Cl)s1)c1ccc(Cl)cc1. The Labute approximate surface area is 115 Å². The lowest BCUT2D eigenvalue weighted by Gasteiger charge is -2.10. The summed E-state index contributed by atoms with van der Waals surface area (Å²) in [6.45, 7) is 0. The van der Waals surface area contributed by atoms with E-state index in [0.29, 0.717) is 11.4 Å². The van der Waals surface area contributed by atoms with Gasteiger partial charge in [0.25, 0.3) is 0 Å². The molecule has 2 aromatic rings. The van der Waals surface area contributed by atoms with Gasteiger partial charge in [-0.25, -0.2) is 0 Å². The summed E-state index contributed by atoms with van der Waals surface area (Å²) in [6.07, 6.45) is 1.08. The van der Waals surface area contributed by atoms with Crippen LogP contribution in [0.5, 0.6) is 0 Å². The average molecular weight is 287 g/mol. The van der Waals surface area contributed by atoms with Gasteiger partial charge in [-0.15, -0.1) is 11.3 Å². The Morgan fingerprint density at radius 3 is 2.35 bits per heavy atom. The first-order valence-corrected chi connectivity index (χ1v) is 6.90. The maximum atomic E-state index is 10.0. The Bertz CT molecular complexity index is 478. The van der Waals surface area contributed by atoms with Crippen molar-refractivity contribution in [1.29, 1.82) is 0 Å². The number of aliphatic hydroxyl groups excluding tert-OH is 1. The van der Waals surface area contributed by atoms with Gasteiger partial charge in [-0.3, -0.25) is 0 Å². The lowest BCUT2D eigenvalue weighted by molar-refractivity contribution is 0.168. The highest BCUT2D eigenvalue weighted by atomic mass is 35.5. The summed E-state index contributed by atoms with van der Waals surface area (Å²) >= 11 is 13.2. The summed E-state index contributed by atoms with van der Waals surface area (Å²) in [5.41, 5.74) is 0.900. The van der Waals surface area contributed by atoms with Crippen LogP contribution in [0.1, 0.15) is 23.0 Å². The van der Waals surface area contributed by atoms with Gasteiger partial charge >= 0.3 is 0 Å². The fourth-order valence-corrected chi connectivity index (χ4v) is 2.85. The lowest BCUT2D eigenvalue weighted by Crippen LogP contribution is -1.98. The summed E-state index contributed by atoms with van der Waals surface area (Å²) < 4.78 is 0.793. The Balaban J connectivity index is 1.93. The van der Waals surface area contributed by atoms with Crippen LogP contribution in [0, 0.1) is 0 Å². The van der Waals surface area contributed by atoms with E-state index in [4.69, 9.17) is 23.2 Å². The number of halogens is 2. The van der Waals surface area contributed by atoms with Crippen LogP contribution >= 0.6 is 34.5 Å². The molecule has 1 aromatic carbocycles. The van der Waals surface area contributed by atoms with Crippen LogP contribution < -0.4 is 0 Å². The maximum Gasteiger partial charge on any atom is 0.0931 e. The van der Waals surface area contributed by atoms with E-state index in [1.165, 1.54) is 4.88 Å². The molecule has 4 heteroatoms. The molecule has 0 aliphatic carbocycles. The second kappa shape index (κ2) is 5.87. The first kappa shape index (κ1) is 12.9. The van der Waals surface area contributed by atoms with Crippen molar-refractivity contribution >= 4 is 34.5 Å². The predicted octanol–water partition coefficient (Wildman–Crippen LogP) is 4.72. The molecule has 0 saturated heterocycles. The summed E-state index contributed by atoms with van der Waals surface area (Å²) in [6, 6.07) is 11.2. The van der Waals surface area contributed by atoms with Crippen LogP contribution in [0.4, 0.5) is 0 Å². The third kappa shape index (κ3) is 3.71. The molecule has 0 radical (unpaired) electrons. The van der Waals surface area contributed by atoms with Gasteiger partial charge in [0, 0.05) is 9.90 Å². The van der Waals surface area contributed by atoms with Gasteiger partial charge in [0.2, 0.25) is 0 Å². The quantitative estimate of drug-likeness (QED) is 0.862. The lowest BCUT2D eigenvalue weighted by atomic mass is 10.0. The smallest absolute Gasteiger partial charge is 0.0931 e. The van der Waals surface area contributed by atoms with Crippen molar-refractivity contribution in [2.45, 2.75) is 18.9 Å². The van der Waals surface area contributed by atoms with E-state index in [9.17, 15) is 5.11 Å². The minimum atomic E-state index is -0.451. The molecule has 0 spiro atoms. The van der Waals surface area contributed by atoms with Crippen LogP contribution in [-0.2, 0) is 6.42 Å². The molecular weight excluding hydrogens is 275 g/mol. The van der Waals surface area contributed by atoms with Crippen LogP contribution in [0.25, 0.3) is 0 Å². The molecule has 90 valence electrons. The van der Waals surface area contributed by atoms with E-state index in [0.717, 1.165) is 16.3 Å². The van der Waals surface area contributed by atoms with Crippen LogP contribution in [0.15, 0.2) is 36.4 Å². The van der Waals surface area contributed by atoms with Crippen LogP contribution in [0.2, 0.25) is 9.36 Å². The van der Waals surface area contributed by atoms with E-state index in [-0.39, 0.29) is 0 Å². The summed E-state index contributed by atoms with van der Waals surface area (Å²) in [7, 11) is 0. The van der Waals surface area contributed by atoms with E-state index < -0.39 is 6.10 Å². The van der Waals surface area contributed by atoms with E-state index in [2.05, 4.69) is 0 Å². The number of rotatable bonds is 4. The highest BCUT2D eigenvalue weighted by Crippen LogP contribution is 2.26. The van der Waals surface area contributed by atoms with Gasteiger partial charge in [-0.05, 0) is 42.7 Å². The van der Waals surface area contributed by atoms with Crippen LogP contribution in [-0.4, -0.2) is 5.11 Å². The third-order valence-corrected chi connectivity index (χ3v) is 4.09. The minimum absolute atomic E-state index is 0.451. The fraction of sp³-hybridized carbons (Fsp3) is 0.231. The van der Waals surface area contributed by atoms with Crippen molar-refractivity contribution in [3.8, 4) is 0 Å². The van der Waals surface area contributed by atoms with E-state index >= 15 is 0 Å². The highest BCUT2D eigenvalue weighted by Gasteiger charge is 2.08.